The van der Waals surface area contributed by atoms with Crippen molar-refractivity contribution in [1.29, 1.82) is 0 Å². The van der Waals surface area contributed by atoms with Gasteiger partial charge in [-0.15, -0.1) is 11.3 Å². The average Bonchev–Trinajstić information content (AvgIpc) is 3.22. The van der Waals surface area contributed by atoms with E-state index < -0.39 is 0 Å². The fourth-order valence-corrected chi connectivity index (χ4v) is 4.48. The number of likely N-dealkylation sites (tertiary alicyclic amines) is 1. The summed E-state index contributed by atoms with van der Waals surface area (Å²) >= 11 is 1.42. The summed E-state index contributed by atoms with van der Waals surface area (Å²) < 4.78 is 19.2. The van der Waals surface area contributed by atoms with E-state index in [1.54, 1.807) is 18.2 Å². The number of nitrogens with zero attached hydrogens (tertiary/aromatic N) is 1. The molecular formula is C23H22FNO2S. The molecule has 1 unspecified atom stereocenters. The number of hydrogen-bond acceptors (Lipinski definition) is 3. The molecule has 3 nitrogen and oxygen atoms in total. The highest BCUT2D eigenvalue weighted by Gasteiger charge is 2.29. The van der Waals surface area contributed by atoms with Crippen LogP contribution in [0.3, 0.4) is 0 Å². The van der Waals surface area contributed by atoms with Crippen molar-refractivity contribution in [3.63, 3.8) is 0 Å². The molecule has 1 atom stereocenters. The highest BCUT2D eigenvalue weighted by Crippen LogP contribution is 2.33. The first-order chi connectivity index (χ1) is 13.7. The Bertz CT molecular complexity index is 941. The predicted molar refractivity (Wildman–Crippen MR) is 109 cm³/mol. The van der Waals surface area contributed by atoms with E-state index in [2.05, 4.69) is 12.1 Å². The van der Waals surface area contributed by atoms with Crippen LogP contribution >= 0.6 is 11.3 Å². The lowest BCUT2D eigenvalue weighted by Gasteiger charge is -2.36. The molecule has 1 aliphatic heterocycles. The molecule has 0 radical (unpaired) electrons. The molecule has 1 saturated heterocycles. The SMILES string of the molecule is O=C(c1cc(COc2ccccc2F)cs1)N1CCCCC1c1ccccc1. The number of carbonyl (C=O) groups is 1. The van der Waals surface area contributed by atoms with Gasteiger partial charge >= 0.3 is 0 Å². The van der Waals surface area contributed by atoms with E-state index in [1.807, 2.05) is 34.5 Å². The Hall–Kier alpha value is -2.66. The largest absolute Gasteiger partial charge is 0.486 e. The zero-order valence-electron chi connectivity index (χ0n) is 15.5. The third-order valence-electron chi connectivity index (χ3n) is 5.04. The van der Waals surface area contributed by atoms with Gasteiger partial charge in [-0.05, 0) is 48.4 Å². The van der Waals surface area contributed by atoms with Gasteiger partial charge in [0, 0.05) is 12.1 Å². The van der Waals surface area contributed by atoms with Crippen molar-refractivity contribution in [3.8, 4) is 5.75 Å². The summed E-state index contributed by atoms with van der Waals surface area (Å²) in [6, 6.07) is 18.6. The third-order valence-corrected chi connectivity index (χ3v) is 6.01. The van der Waals surface area contributed by atoms with E-state index >= 15 is 0 Å². The molecule has 0 spiro atoms. The molecule has 4 rings (SSSR count). The third kappa shape index (κ3) is 4.09. The van der Waals surface area contributed by atoms with E-state index in [4.69, 9.17) is 4.74 Å². The molecule has 28 heavy (non-hydrogen) atoms. The Morgan fingerprint density at radius 1 is 1.11 bits per heavy atom. The smallest absolute Gasteiger partial charge is 0.264 e. The number of benzene rings is 2. The standard InChI is InChI=1S/C23H22FNO2S/c24-19-10-4-5-12-21(19)27-15-17-14-22(28-16-17)23(26)25-13-7-6-11-20(25)18-8-2-1-3-9-18/h1-5,8-10,12,14,16,20H,6-7,11,13,15H2. The lowest BCUT2D eigenvalue weighted by atomic mass is 9.95. The van der Waals surface area contributed by atoms with Crippen molar-refractivity contribution in [2.24, 2.45) is 0 Å². The number of carbonyl (C=O) groups excluding carboxylic acids is 1. The molecule has 1 amide bonds. The molecule has 5 heteroatoms. The van der Waals surface area contributed by atoms with Crippen molar-refractivity contribution in [3.05, 3.63) is 87.9 Å². The van der Waals surface area contributed by atoms with E-state index in [1.165, 1.54) is 23.0 Å². The maximum absolute atomic E-state index is 13.7. The van der Waals surface area contributed by atoms with Crippen molar-refractivity contribution < 1.29 is 13.9 Å². The van der Waals surface area contributed by atoms with Gasteiger partial charge < -0.3 is 9.64 Å². The number of thiophene rings is 1. The van der Waals surface area contributed by atoms with Gasteiger partial charge in [0.15, 0.2) is 11.6 Å². The predicted octanol–water partition coefficient (Wildman–Crippen LogP) is 5.83. The van der Waals surface area contributed by atoms with E-state index in [0.717, 1.165) is 31.4 Å². The highest BCUT2D eigenvalue weighted by molar-refractivity contribution is 7.12. The fraction of sp³-hybridized carbons (Fsp3) is 0.261. The monoisotopic (exact) mass is 395 g/mol. The first-order valence-corrected chi connectivity index (χ1v) is 10.4. The maximum atomic E-state index is 13.7. The second-order valence-electron chi connectivity index (χ2n) is 6.96. The van der Waals surface area contributed by atoms with Gasteiger partial charge in [0.2, 0.25) is 0 Å². The number of ether oxygens (including phenoxy) is 1. The summed E-state index contributed by atoms with van der Waals surface area (Å²) in [5.74, 6) is -0.0921. The number of para-hydroxylation sites is 1. The van der Waals surface area contributed by atoms with Gasteiger partial charge in [0.1, 0.15) is 6.61 Å². The number of halogens is 1. The molecule has 0 bridgehead atoms. The van der Waals surface area contributed by atoms with Crippen LogP contribution < -0.4 is 4.74 Å². The quantitative estimate of drug-likeness (QED) is 0.544. The molecule has 3 aromatic rings. The van der Waals surface area contributed by atoms with Gasteiger partial charge in [-0.1, -0.05) is 42.5 Å². The Morgan fingerprint density at radius 3 is 2.71 bits per heavy atom. The molecule has 1 fully saturated rings. The summed E-state index contributed by atoms with van der Waals surface area (Å²) in [6.07, 6.45) is 3.16. The molecule has 0 saturated carbocycles. The minimum Gasteiger partial charge on any atom is -0.486 e. The average molecular weight is 395 g/mol. The molecule has 0 N–H and O–H groups in total. The zero-order valence-corrected chi connectivity index (χ0v) is 16.3. The van der Waals surface area contributed by atoms with Gasteiger partial charge in [0.25, 0.3) is 5.91 Å². The summed E-state index contributed by atoms with van der Waals surface area (Å²) in [6.45, 7) is 1.02. The minimum atomic E-state index is -0.381. The van der Waals surface area contributed by atoms with Gasteiger partial charge in [-0.3, -0.25) is 4.79 Å². The Balaban J connectivity index is 1.46. The molecule has 1 aromatic heterocycles. The Labute approximate surface area is 168 Å². The molecule has 2 heterocycles. The van der Waals surface area contributed by atoms with Gasteiger partial charge in [-0.2, -0.15) is 0 Å². The topological polar surface area (TPSA) is 29.5 Å². The van der Waals surface area contributed by atoms with Crippen LogP contribution in [-0.4, -0.2) is 17.4 Å². The van der Waals surface area contributed by atoms with Crippen molar-refractivity contribution in [2.45, 2.75) is 31.9 Å². The number of hydrogen-bond donors (Lipinski definition) is 0. The van der Waals surface area contributed by atoms with Crippen LogP contribution in [0, 0.1) is 5.82 Å². The van der Waals surface area contributed by atoms with Crippen LogP contribution in [0.1, 0.15) is 46.1 Å². The summed E-state index contributed by atoms with van der Waals surface area (Å²) in [5.41, 5.74) is 2.07. The van der Waals surface area contributed by atoms with Crippen LogP contribution in [0.5, 0.6) is 5.75 Å². The first-order valence-electron chi connectivity index (χ1n) is 9.53. The van der Waals surface area contributed by atoms with Crippen LogP contribution in [0.2, 0.25) is 0 Å². The lowest BCUT2D eigenvalue weighted by molar-refractivity contribution is 0.0616. The zero-order chi connectivity index (χ0) is 19.3. The minimum absolute atomic E-state index is 0.0655. The van der Waals surface area contributed by atoms with Crippen molar-refractivity contribution in [2.75, 3.05) is 6.54 Å². The first kappa shape index (κ1) is 18.7. The van der Waals surface area contributed by atoms with Gasteiger partial charge in [-0.25, -0.2) is 4.39 Å². The second-order valence-corrected chi connectivity index (χ2v) is 7.87. The van der Waals surface area contributed by atoms with Crippen molar-refractivity contribution in [1.82, 2.24) is 4.90 Å². The Morgan fingerprint density at radius 2 is 1.89 bits per heavy atom. The number of rotatable bonds is 5. The summed E-state index contributed by atoms with van der Waals surface area (Å²) in [5, 5.41) is 1.91. The van der Waals surface area contributed by atoms with Gasteiger partial charge in [0.05, 0.1) is 10.9 Å². The summed E-state index contributed by atoms with van der Waals surface area (Å²) in [4.78, 5) is 15.9. The molecule has 0 aliphatic carbocycles. The molecule has 1 aliphatic rings. The number of piperidine rings is 1. The molecular weight excluding hydrogens is 373 g/mol. The van der Waals surface area contributed by atoms with Crippen LogP contribution in [0.4, 0.5) is 4.39 Å². The number of amides is 1. The maximum Gasteiger partial charge on any atom is 0.264 e. The lowest BCUT2D eigenvalue weighted by Crippen LogP contribution is -2.38. The fourth-order valence-electron chi connectivity index (χ4n) is 3.62. The van der Waals surface area contributed by atoms with E-state index in [0.29, 0.717) is 4.88 Å². The highest BCUT2D eigenvalue weighted by atomic mass is 32.1. The normalized spacial score (nSPS) is 16.8. The van der Waals surface area contributed by atoms with E-state index in [-0.39, 0.29) is 30.1 Å². The van der Waals surface area contributed by atoms with Crippen molar-refractivity contribution >= 4 is 17.2 Å². The molecule has 2 aromatic carbocycles. The van der Waals surface area contributed by atoms with Crippen LogP contribution in [-0.2, 0) is 6.61 Å². The molecule has 144 valence electrons. The van der Waals surface area contributed by atoms with E-state index in [9.17, 15) is 9.18 Å². The van der Waals surface area contributed by atoms with Crippen LogP contribution in [0.25, 0.3) is 0 Å². The Kier molecular flexibility index (Phi) is 5.72. The second kappa shape index (κ2) is 8.57. The van der Waals surface area contributed by atoms with Crippen LogP contribution in [0.15, 0.2) is 66.0 Å². The summed E-state index contributed by atoms with van der Waals surface area (Å²) in [7, 11) is 0.